The van der Waals surface area contributed by atoms with Crippen LogP contribution in [-0.4, -0.2) is 39.5 Å². The topological polar surface area (TPSA) is 49.4 Å². The first kappa shape index (κ1) is 12.8. The molecule has 1 aromatic rings. The average molecular weight is 278 g/mol. The van der Waals surface area contributed by atoms with Gasteiger partial charge < -0.3 is 5.32 Å². The number of nitrogens with one attached hydrogen (secondary N) is 1. The summed E-state index contributed by atoms with van der Waals surface area (Å²) >= 11 is 0. The lowest BCUT2D eigenvalue weighted by molar-refractivity contribution is 0.231. The maximum absolute atomic E-state index is 12.2. The molecular formula is C14H18N2O2S. The lowest BCUT2D eigenvalue weighted by Crippen LogP contribution is -2.43. The molecule has 0 aromatic heterocycles. The number of fused-ring (bicyclic) bond motifs is 1. The fourth-order valence-corrected chi connectivity index (χ4v) is 4.57. The number of allylic oxidation sites excluding steroid dienone is 1. The highest BCUT2D eigenvalue weighted by Gasteiger charge is 2.28. The smallest absolute Gasteiger partial charge is 0.201 e. The summed E-state index contributed by atoms with van der Waals surface area (Å²) in [6, 6.07) is 5.78. The summed E-state index contributed by atoms with van der Waals surface area (Å²) in [6.07, 6.45) is 0. The van der Waals surface area contributed by atoms with Crippen LogP contribution in [0, 0.1) is 0 Å². The van der Waals surface area contributed by atoms with E-state index in [0.29, 0.717) is 11.4 Å². The van der Waals surface area contributed by atoms with E-state index in [1.807, 2.05) is 25.1 Å². The minimum absolute atomic E-state index is 0.519. The molecule has 1 fully saturated rings. The molecule has 5 heteroatoms. The van der Waals surface area contributed by atoms with E-state index in [2.05, 4.69) is 10.2 Å². The van der Waals surface area contributed by atoms with Crippen molar-refractivity contribution in [3.05, 3.63) is 34.7 Å². The van der Waals surface area contributed by atoms with E-state index < -0.39 is 9.84 Å². The van der Waals surface area contributed by atoms with E-state index in [4.69, 9.17) is 0 Å². The van der Waals surface area contributed by atoms with Gasteiger partial charge in [-0.3, -0.25) is 4.90 Å². The second-order valence-electron chi connectivity index (χ2n) is 5.17. The highest BCUT2D eigenvalue weighted by Crippen LogP contribution is 2.35. The zero-order chi connectivity index (χ0) is 13.5. The maximum atomic E-state index is 12.2. The van der Waals surface area contributed by atoms with Crippen molar-refractivity contribution >= 4 is 15.4 Å². The monoisotopic (exact) mass is 278 g/mol. The van der Waals surface area contributed by atoms with Crippen molar-refractivity contribution in [3.63, 3.8) is 0 Å². The van der Waals surface area contributed by atoms with Gasteiger partial charge in [-0.2, -0.15) is 0 Å². The van der Waals surface area contributed by atoms with Crippen LogP contribution in [0.3, 0.4) is 0 Å². The second kappa shape index (κ2) is 4.74. The first-order valence-corrected chi connectivity index (χ1v) is 8.11. The predicted octanol–water partition coefficient (Wildman–Crippen LogP) is 1.24. The summed E-state index contributed by atoms with van der Waals surface area (Å²) in [4.78, 5) is 2.82. The van der Waals surface area contributed by atoms with Crippen molar-refractivity contribution in [1.29, 1.82) is 0 Å². The van der Waals surface area contributed by atoms with Gasteiger partial charge in [-0.05, 0) is 23.6 Å². The molecule has 2 aliphatic heterocycles. The molecule has 0 radical (unpaired) electrons. The van der Waals surface area contributed by atoms with Crippen LogP contribution in [0.15, 0.2) is 28.5 Å². The molecule has 19 heavy (non-hydrogen) atoms. The maximum Gasteiger partial charge on any atom is 0.201 e. The number of nitrogens with zero attached hydrogens (tertiary/aromatic N) is 1. The number of hydrogen-bond acceptors (Lipinski definition) is 4. The van der Waals surface area contributed by atoms with Gasteiger partial charge in [0.1, 0.15) is 0 Å². The first-order chi connectivity index (χ1) is 9.08. The van der Waals surface area contributed by atoms with E-state index in [1.165, 1.54) is 5.41 Å². The Kier molecular flexibility index (Phi) is 3.20. The average Bonchev–Trinajstić information content (AvgIpc) is 2.62. The molecule has 102 valence electrons. The van der Waals surface area contributed by atoms with Crippen molar-refractivity contribution in [2.75, 3.05) is 26.2 Å². The van der Waals surface area contributed by atoms with Crippen LogP contribution in [-0.2, 0) is 16.4 Å². The van der Waals surface area contributed by atoms with Crippen LogP contribution in [0.4, 0.5) is 0 Å². The summed E-state index contributed by atoms with van der Waals surface area (Å²) in [6.45, 7) is 6.45. The summed E-state index contributed by atoms with van der Waals surface area (Å²) in [5, 5.41) is 4.69. The summed E-state index contributed by atoms with van der Waals surface area (Å²) in [5.74, 6) is 0. The molecule has 3 rings (SSSR count). The summed E-state index contributed by atoms with van der Waals surface area (Å²) in [5.41, 5.74) is 2.64. The first-order valence-electron chi connectivity index (χ1n) is 6.57. The molecule has 2 aliphatic rings. The highest BCUT2D eigenvalue weighted by molar-refractivity contribution is 7.95. The Morgan fingerprint density at radius 1 is 1.26 bits per heavy atom. The highest BCUT2D eigenvalue weighted by atomic mass is 32.2. The van der Waals surface area contributed by atoms with Crippen LogP contribution in [0.1, 0.15) is 18.1 Å². The number of sulfone groups is 1. The molecule has 0 atom stereocenters. The molecule has 1 N–H and O–H groups in total. The van der Waals surface area contributed by atoms with Gasteiger partial charge in [-0.25, -0.2) is 8.42 Å². The van der Waals surface area contributed by atoms with Crippen LogP contribution in [0.2, 0.25) is 0 Å². The van der Waals surface area contributed by atoms with Crippen molar-refractivity contribution in [1.82, 2.24) is 10.2 Å². The van der Waals surface area contributed by atoms with E-state index >= 15 is 0 Å². The SMILES string of the molecule is CC1=CS(=O)(=O)c2c(CN3CCNCC3)cccc21. The predicted molar refractivity (Wildman–Crippen MR) is 75.4 cm³/mol. The standard InChI is InChI=1S/C14H18N2O2S/c1-11-10-19(17,18)14-12(3-2-4-13(11)14)9-16-7-5-15-6-8-16/h2-4,10,15H,5-9H2,1H3. The largest absolute Gasteiger partial charge is 0.314 e. The van der Waals surface area contributed by atoms with E-state index in [0.717, 1.165) is 42.9 Å². The minimum atomic E-state index is -3.24. The Balaban J connectivity index is 1.97. The van der Waals surface area contributed by atoms with Gasteiger partial charge in [-0.15, -0.1) is 0 Å². The Labute approximate surface area is 114 Å². The molecule has 0 unspecified atom stereocenters. The van der Waals surface area contributed by atoms with E-state index in [9.17, 15) is 8.42 Å². The second-order valence-corrected chi connectivity index (χ2v) is 6.90. The van der Waals surface area contributed by atoms with Crippen LogP contribution in [0.5, 0.6) is 0 Å². The van der Waals surface area contributed by atoms with Crippen molar-refractivity contribution in [2.45, 2.75) is 18.4 Å². The molecule has 4 nitrogen and oxygen atoms in total. The van der Waals surface area contributed by atoms with Gasteiger partial charge >= 0.3 is 0 Å². The molecule has 0 spiro atoms. The fourth-order valence-electron chi connectivity index (χ4n) is 2.82. The third-order valence-electron chi connectivity index (χ3n) is 3.74. The van der Waals surface area contributed by atoms with Crippen LogP contribution in [0.25, 0.3) is 5.57 Å². The third-order valence-corrected chi connectivity index (χ3v) is 5.46. The number of hydrogen-bond donors (Lipinski definition) is 1. The van der Waals surface area contributed by atoms with Crippen LogP contribution < -0.4 is 5.32 Å². The Morgan fingerprint density at radius 2 is 2.00 bits per heavy atom. The van der Waals surface area contributed by atoms with Gasteiger partial charge in [-0.1, -0.05) is 18.2 Å². The molecule has 1 aromatic carbocycles. The molecular weight excluding hydrogens is 260 g/mol. The molecule has 0 bridgehead atoms. The van der Waals surface area contributed by atoms with Crippen molar-refractivity contribution in [2.24, 2.45) is 0 Å². The lowest BCUT2D eigenvalue weighted by atomic mass is 10.1. The molecule has 0 aliphatic carbocycles. The molecule has 2 heterocycles. The Hall–Kier alpha value is -1.17. The zero-order valence-electron chi connectivity index (χ0n) is 11.0. The van der Waals surface area contributed by atoms with Crippen molar-refractivity contribution < 1.29 is 8.42 Å². The normalized spacial score (nSPS) is 22.1. The third kappa shape index (κ3) is 2.33. The fraction of sp³-hybridized carbons (Fsp3) is 0.429. The van der Waals surface area contributed by atoms with Gasteiger partial charge in [0.05, 0.1) is 4.90 Å². The number of benzene rings is 1. The minimum Gasteiger partial charge on any atom is -0.314 e. The molecule has 0 saturated carbocycles. The van der Waals surface area contributed by atoms with Gasteiger partial charge in [0.25, 0.3) is 0 Å². The quantitative estimate of drug-likeness (QED) is 0.884. The van der Waals surface area contributed by atoms with Gasteiger partial charge in [0.15, 0.2) is 0 Å². The summed E-state index contributed by atoms with van der Waals surface area (Å²) < 4.78 is 24.4. The van der Waals surface area contributed by atoms with Gasteiger partial charge in [0.2, 0.25) is 9.84 Å². The number of rotatable bonds is 2. The molecule has 1 saturated heterocycles. The van der Waals surface area contributed by atoms with Crippen LogP contribution >= 0.6 is 0 Å². The number of piperazine rings is 1. The van der Waals surface area contributed by atoms with E-state index in [-0.39, 0.29) is 0 Å². The van der Waals surface area contributed by atoms with Crippen molar-refractivity contribution in [3.8, 4) is 0 Å². The Morgan fingerprint density at radius 3 is 2.74 bits per heavy atom. The molecule has 0 amide bonds. The van der Waals surface area contributed by atoms with E-state index in [1.54, 1.807) is 0 Å². The zero-order valence-corrected chi connectivity index (χ0v) is 11.8. The lowest BCUT2D eigenvalue weighted by Gasteiger charge is -2.27. The summed E-state index contributed by atoms with van der Waals surface area (Å²) in [7, 11) is -3.24. The Bertz CT molecular complexity index is 629. The van der Waals surface area contributed by atoms with Gasteiger partial charge in [0, 0.05) is 38.1 Å².